The second-order valence-corrected chi connectivity index (χ2v) is 3.38. The molecule has 0 amide bonds. The molecule has 66 valence electrons. The molecule has 0 heterocycles. The minimum atomic E-state index is -0.465. The maximum atomic E-state index is 9.22. The highest BCUT2D eigenvalue weighted by Crippen LogP contribution is 2.11. The molecule has 1 aromatic rings. The van der Waals surface area contributed by atoms with Crippen molar-refractivity contribution in [1.29, 1.82) is 0 Å². The van der Waals surface area contributed by atoms with Crippen molar-refractivity contribution in [1.82, 2.24) is 0 Å². The molecule has 1 rings (SSSR count). The molecular weight excluding hydrogens is 195 g/mol. The van der Waals surface area contributed by atoms with Crippen LogP contribution in [0.5, 0.6) is 0 Å². The van der Waals surface area contributed by atoms with Crippen LogP contribution in [-0.2, 0) is 6.42 Å². The maximum absolute atomic E-state index is 9.22. The minimum absolute atomic E-state index is 0.266. The number of rotatable bonds is 3. The van der Waals surface area contributed by atoms with Gasteiger partial charge in [0.2, 0.25) is 0 Å². The predicted molar refractivity (Wildman–Crippen MR) is 51.9 cm³/mol. The summed E-state index contributed by atoms with van der Waals surface area (Å²) in [6.45, 7) is 0. The average Bonchev–Trinajstić information content (AvgIpc) is 2.09. The van der Waals surface area contributed by atoms with Gasteiger partial charge in [-0.3, -0.25) is 0 Å². The number of halogens is 2. The number of alkyl halides is 1. The van der Waals surface area contributed by atoms with E-state index in [4.69, 9.17) is 23.2 Å². The number of aliphatic hydroxyl groups excluding tert-OH is 1. The molecule has 0 aromatic heterocycles. The molecule has 0 bridgehead atoms. The second-order valence-electron chi connectivity index (χ2n) is 2.64. The third kappa shape index (κ3) is 3.02. The van der Waals surface area contributed by atoms with Crippen LogP contribution in [0, 0.1) is 0 Å². The summed E-state index contributed by atoms with van der Waals surface area (Å²) in [5.41, 5.74) is 1.05. The third-order valence-corrected chi connectivity index (χ3v) is 2.17. The fourth-order valence-corrected chi connectivity index (χ4v) is 1.18. The van der Waals surface area contributed by atoms with Gasteiger partial charge in [-0.05, 0) is 24.1 Å². The smallest absolute Gasteiger partial charge is 0.0715 e. The summed E-state index contributed by atoms with van der Waals surface area (Å²) in [4.78, 5) is 0. The average molecular weight is 205 g/mol. The van der Waals surface area contributed by atoms with Crippen LogP contribution in [0.1, 0.15) is 5.56 Å². The molecule has 0 aliphatic rings. The van der Waals surface area contributed by atoms with Gasteiger partial charge in [0.1, 0.15) is 0 Å². The Morgan fingerprint density at radius 3 is 2.33 bits per heavy atom. The predicted octanol–water partition coefficient (Wildman–Crippen LogP) is 2.48. The first-order valence-electron chi connectivity index (χ1n) is 3.71. The molecule has 0 spiro atoms. The van der Waals surface area contributed by atoms with Gasteiger partial charge in [-0.15, -0.1) is 11.6 Å². The lowest BCUT2D eigenvalue weighted by atomic mass is 10.1. The van der Waals surface area contributed by atoms with E-state index in [1.165, 1.54) is 0 Å². The van der Waals surface area contributed by atoms with Crippen molar-refractivity contribution in [2.24, 2.45) is 0 Å². The SMILES string of the molecule is OC(CCl)Cc1ccc(Cl)cc1. The van der Waals surface area contributed by atoms with Crippen LogP contribution in [0.3, 0.4) is 0 Å². The van der Waals surface area contributed by atoms with Crippen LogP contribution < -0.4 is 0 Å². The lowest BCUT2D eigenvalue weighted by Crippen LogP contribution is -2.11. The summed E-state index contributed by atoms with van der Waals surface area (Å²) in [6, 6.07) is 7.38. The molecule has 1 unspecified atom stereocenters. The molecule has 1 N–H and O–H groups in total. The molecule has 0 saturated heterocycles. The number of hydrogen-bond donors (Lipinski definition) is 1. The van der Waals surface area contributed by atoms with E-state index in [0.29, 0.717) is 11.4 Å². The fourth-order valence-electron chi connectivity index (χ4n) is 0.947. The molecule has 0 fully saturated rings. The van der Waals surface area contributed by atoms with Crippen LogP contribution in [0.15, 0.2) is 24.3 Å². The molecule has 0 aliphatic heterocycles. The monoisotopic (exact) mass is 204 g/mol. The first-order chi connectivity index (χ1) is 5.72. The Labute approximate surface area is 81.9 Å². The largest absolute Gasteiger partial charge is 0.392 e. The molecule has 12 heavy (non-hydrogen) atoms. The van der Waals surface area contributed by atoms with E-state index < -0.39 is 6.10 Å². The molecule has 1 atom stereocenters. The van der Waals surface area contributed by atoms with Gasteiger partial charge in [0, 0.05) is 10.9 Å². The van der Waals surface area contributed by atoms with E-state index in [1.54, 1.807) is 12.1 Å². The van der Waals surface area contributed by atoms with Gasteiger partial charge in [0.05, 0.1) is 6.10 Å². The van der Waals surface area contributed by atoms with E-state index in [0.717, 1.165) is 5.56 Å². The quantitative estimate of drug-likeness (QED) is 0.751. The van der Waals surface area contributed by atoms with Crippen molar-refractivity contribution < 1.29 is 5.11 Å². The highest BCUT2D eigenvalue weighted by molar-refractivity contribution is 6.30. The summed E-state index contributed by atoms with van der Waals surface area (Å²) >= 11 is 11.2. The van der Waals surface area contributed by atoms with Crippen molar-refractivity contribution >= 4 is 23.2 Å². The molecule has 3 heteroatoms. The molecular formula is C9H10Cl2O. The van der Waals surface area contributed by atoms with Gasteiger partial charge in [0.25, 0.3) is 0 Å². The van der Waals surface area contributed by atoms with Crippen LogP contribution in [0.2, 0.25) is 5.02 Å². The zero-order valence-corrected chi connectivity index (χ0v) is 8.02. The third-order valence-electron chi connectivity index (χ3n) is 1.56. The number of aliphatic hydroxyl groups is 1. The van der Waals surface area contributed by atoms with Crippen molar-refractivity contribution in [3.8, 4) is 0 Å². The number of hydrogen-bond acceptors (Lipinski definition) is 1. The van der Waals surface area contributed by atoms with Gasteiger partial charge in [-0.25, -0.2) is 0 Å². The standard InChI is InChI=1S/C9H10Cl2O/c10-6-9(12)5-7-1-3-8(11)4-2-7/h1-4,9,12H,5-6H2. The summed E-state index contributed by atoms with van der Waals surface area (Å²) in [5.74, 6) is 0.266. The van der Waals surface area contributed by atoms with E-state index in [2.05, 4.69) is 0 Å². The van der Waals surface area contributed by atoms with Crippen molar-refractivity contribution in [3.63, 3.8) is 0 Å². The van der Waals surface area contributed by atoms with Crippen molar-refractivity contribution in [2.75, 3.05) is 5.88 Å². The highest BCUT2D eigenvalue weighted by Gasteiger charge is 2.02. The van der Waals surface area contributed by atoms with E-state index in [1.807, 2.05) is 12.1 Å². The zero-order valence-electron chi connectivity index (χ0n) is 6.50. The van der Waals surface area contributed by atoms with Crippen molar-refractivity contribution in [2.45, 2.75) is 12.5 Å². The molecule has 0 aliphatic carbocycles. The van der Waals surface area contributed by atoms with Gasteiger partial charge in [-0.2, -0.15) is 0 Å². The first-order valence-corrected chi connectivity index (χ1v) is 4.62. The molecule has 0 saturated carbocycles. The fraction of sp³-hybridized carbons (Fsp3) is 0.333. The Hall–Kier alpha value is -0.240. The van der Waals surface area contributed by atoms with Crippen LogP contribution >= 0.6 is 23.2 Å². The number of benzene rings is 1. The van der Waals surface area contributed by atoms with Gasteiger partial charge < -0.3 is 5.11 Å². The zero-order chi connectivity index (χ0) is 8.97. The van der Waals surface area contributed by atoms with E-state index in [9.17, 15) is 5.11 Å². The second kappa shape index (κ2) is 4.70. The maximum Gasteiger partial charge on any atom is 0.0715 e. The summed E-state index contributed by atoms with van der Waals surface area (Å²) in [7, 11) is 0. The topological polar surface area (TPSA) is 20.2 Å². The minimum Gasteiger partial charge on any atom is -0.392 e. The van der Waals surface area contributed by atoms with Gasteiger partial charge in [0.15, 0.2) is 0 Å². The van der Waals surface area contributed by atoms with Crippen LogP contribution in [0.4, 0.5) is 0 Å². The lowest BCUT2D eigenvalue weighted by molar-refractivity contribution is 0.199. The van der Waals surface area contributed by atoms with Gasteiger partial charge >= 0.3 is 0 Å². The summed E-state index contributed by atoms with van der Waals surface area (Å²) < 4.78 is 0. The first kappa shape index (κ1) is 9.85. The summed E-state index contributed by atoms with van der Waals surface area (Å²) in [6.07, 6.45) is 0.119. The van der Waals surface area contributed by atoms with Crippen LogP contribution in [-0.4, -0.2) is 17.1 Å². The van der Waals surface area contributed by atoms with Crippen molar-refractivity contribution in [3.05, 3.63) is 34.9 Å². The Bertz CT molecular complexity index is 233. The lowest BCUT2D eigenvalue weighted by Gasteiger charge is -2.05. The van der Waals surface area contributed by atoms with Gasteiger partial charge in [-0.1, -0.05) is 23.7 Å². The molecule has 1 nitrogen and oxygen atoms in total. The highest BCUT2D eigenvalue weighted by atomic mass is 35.5. The van der Waals surface area contributed by atoms with Crippen LogP contribution in [0.25, 0.3) is 0 Å². The Morgan fingerprint density at radius 2 is 1.83 bits per heavy atom. The normalized spacial score (nSPS) is 12.9. The Morgan fingerprint density at radius 1 is 1.25 bits per heavy atom. The Kier molecular flexibility index (Phi) is 3.86. The van der Waals surface area contributed by atoms with E-state index >= 15 is 0 Å². The molecule has 0 radical (unpaired) electrons. The molecule has 1 aromatic carbocycles. The Balaban J connectivity index is 2.58. The summed E-state index contributed by atoms with van der Waals surface area (Å²) in [5, 5.41) is 9.92. The van der Waals surface area contributed by atoms with E-state index in [-0.39, 0.29) is 5.88 Å².